The van der Waals surface area contributed by atoms with Crippen LogP contribution in [0.3, 0.4) is 0 Å². The van der Waals surface area contributed by atoms with Gasteiger partial charge in [0.25, 0.3) is 0 Å². The number of para-hydroxylation sites is 1. The zero-order chi connectivity index (χ0) is 11.5. The van der Waals surface area contributed by atoms with Crippen molar-refractivity contribution in [2.24, 2.45) is 0 Å². The lowest BCUT2D eigenvalue weighted by molar-refractivity contribution is 0.198. The minimum absolute atomic E-state index is 0.0535. The molecule has 1 aromatic rings. The molecule has 0 spiro atoms. The number of hydrogen-bond acceptors (Lipinski definition) is 2. The van der Waals surface area contributed by atoms with Crippen LogP contribution in [0.25, 0.3) is 0 Å². The fraction of sp³-hybridized carbons (Fsp3) is 0.538. The summed E-state index contributed by atoms with van der Waals surface area (Å²) in [6.45, 7) is 8.92. The van der Waals surface area contributed by atoms with E-state index in [-0.39, 0.29) is 12.0 Å². The Balaban J connectivity index is 3.09. The first-order chi connectivity index (χ1) is 6.96. The maximum Gasteiger partial charge on any atom is 0.126 e. The van der Waals surface area contributed by atoms with Crippen LogP contribution in [0.15, 0.2) is 18.2 Å². The minimum Gasteiger partial charge on any atom is -0.491 e. The molecular weight excluding hydrogens is 188 g/mol. The zero-order valence-corrected chi connectivity index (χ0v) is 10.0. The molecule has 0 unspecified atom stereocenters. The third kappa shape index (κ3) is 2.96. The number of aryl methyl sites for hydroxylation is 1. The van der Waals surface area contributed by atoms with Crippen molar-refractivity contribution in [1.29, 1.82) is 0 Å². The van der Waals surface area contributed by atoms with Gasteiger partial charge in [-0.15, -0.1) is 0 Å². The molecule has 0 aliphatic carbocycles. The van der Waals surface area contributed by atoms with E-state index in [2.05, 4.69) is 26.8 Å². The third-order valence-corrected chi connectivity index (χ3v) is 2.36. The molecule has 0 aliphatic heterocycles. The third-order valence-electron chi connectivity index (χ3n) is 2.36. The molecule has 0 saturated carbocycles. The van der Waals surface area contributed by atoms with Crippen LogP contribution in [0, 0.1) is 6.92 Å². The molecule has 0 aliphatic rings. The van der Waals surface area contributed by atoms with Crippen LogP contribution in [-0.2, 0) is 5.41 Å². The van der Waals surface area contributed by atoms with Crippen LogP contribution in [0.5, 0.6) is 5.75 Å². The summed E-state index contributed by atoms with van der Waals surface area (Å²) in [5, 5.41) is 8.79. The van der Waals surface area contributed by atoms with Crippen LogP contribution in [-0.4, -0.2) is 18.3 Å². The number of hydrogen-bond donors (Lipinski definition) is 1. The molecule has 1 N–H and O–H groups in total. The fourth-order valence-electron chi connectivity index (χ4n) is 1.58. The molecule has 0 fully saturated rings. The largest absolute Gasteiger partial charge is 0.491 e. The van der Waals surface area contributed by atoms with Crippen molar-refractivity contribution < 1.29 is 9.84 Å². The van der Waals surface area contributed by atoms with Crippen molar-refractivity contribution in [3.63, 3.8) is 0 Å². The molecule has 1 aromatic carbocycles. The van der Waals surface area contributed by atoms with Gasteiger partial charge in [0.2, 0.25) is 0 Å². The molecule has 84 valence electrons. The predicted molar refractivity (Wildman–Crippen MR) is 62.5 cm³/mol. The number of aliphatic hydroxyl groups is 1. The van der Waals surface area contributed by atoms with E-state index in [0.717, 1.165) is 11.3 Å². The van der Waals surface area contributed by atoms with E-state index < -0.39 is 0 Å². The van der Waals surface area contributed by atoms with Crippen molar-refractivity contribution in [3.8, 4) is 5.75 Å². The first kappa shape index (κ1) is 12.1. The highest BCUT2D eigenvalue weighted by Crippen LogP contribution is 2.33. The van der Waals surface area contributed by atoms with Crippen LogP contribution in [0.1, 0.15) is 31.9 Å². The minimum atomic E-state index is 0.0535. The second kappa shape index (κ2) is 4.67. The number of ether oxygens (including phenoxy) is 1. The summed E-state index contributed by atoms with van der Waals surface area (Å²) in [6.07, 6.45) is 0. The highest BCUT2D eigenvalue weighted by atomic mass is 16.5. The Bertz CT molecular complexity index is 324. The Morgan fingerprint density at radius 3 is 2.47 bits per heavy atom. The van der Waals surface area contributed by atoms with Crippen molar-refractivity contribution in [1.82, 2.24) is 0 Å². The van der Waals surface area contributed by atoms with Gasteiger partial charge < -0.3 is 9.84 Å². The summed E-state index contributed by atoms with van der Waals surface area (Å²) in [5.41, 5.74) is 2.38. The summed E-state index contributed by atoms with van der Waals surface area (Å²) >= 11 is 0. The molecule has 2 nitrogen and oxygen atoms in total. The summed E-state index contributed by atoms with van der Waals surface area (Å²) in [4.78, 5) is 0. The lowest BCUT2D eigenvalue weighted by atomic mass is 9.85. The quantitative estimate of drug-likeness (QED) is 0.827. The molecular formula is C13H20O2. The lowest BCUT2D eigenvalue weighted by Crippen LogP contribution is -2.15. The van der Waals surface area contributed by atoms with Crippen molar-refractivity contribution in [2.45, 2.75) is 33.1 Å². The van der Waals surface area contributed by atoms with E-state index in [4.69, 9.17) is 9.84 Å². The van der Waals surface area contributed by atoms with Gasteiger partial charge in [-0.05, 0) is 23.5 Å². The Kier molecular flexibility index (Phi) is 3.75. The average molecular weight is 208 g/mol. The molecule has 1 rings (SSSR count). The van der Waals surface area contributed by atoms with Gasteiger partial charge in [0.05, 0.1) is 6.61 Å². The molecule has 0 bridgehead atoms. The SMILES string of the molecule is Cc1cccc(C(C)(C)C)c1OCCO. The van der Waals surface area contributed by atoms with Gasteiger partial charge in [-0.25, -0.2) is 0 Å². The molecule has 0 saturated heterocycles. The summed E-state index contributed by atoms with van der Waals surface area (Å²) < 4.78 is 5.59. The lowest BCUT2D eigenvalue weighted by Gasteiger charge is -2.24. The maximum atomic E-state index is 8.79. The number of benzene rings is 1. The first-order valence-corrected chi connectivity index (χ1v) is 5.30. The van der Waals surface area contributed by atoms with Gasteiger partial charge in [-0.3, -0.25) is 0 Å². The monoisotopic (exact) mass is 208 g/mol. The Morgan fingerprint density at radius 2 is 1.93 bits per heavy atom. The predicted octanol–water partition coefficient (Wildman–Crippen LogP) is 2.66. The second-order valence-corrected chi connectivity index (χ2v) is 4.77. The number of rotatable bonds is 3. The van der Waals surface area contributed by atoms with Gasteiger partial charge in [0.15, 0.2) is 0 Å². The Hall–Kier alpha value is -1.02. The highest BCUT2D eigenvalue weighted by Gasteiger charge is 2.19. The number of aliphatic hydroxyl groups excluding tert-OH is 1. The maximum absolute atomic E-state index is 8.79. The Labute approximate surface area is 91.9 Å². The van der Waals surface area contributed by atoms with E-state index in [9.17, 15) is 0 Å². The van der Waals surface area contributed by atoms with Crippen LogP contribution >= 0.6 is 0 Å². The van der Waals surface area contributed by atoms with Gasteiger partial charge >= 0.3 is 0 Å². The highest BCUT2D eigenvalue weighted by molar-refractivity contribution is 5.44. The van der Waals surface area contributed by atoms with Crippen molar-refractivity contribution in [3.05, 3.63) is 29.3 Å². The summed E-state index contributed by atoms with van der Waals surface area (Å²) in [6, 6.07) is 6.16. The molecule has 0 aromatic heterocycles. The summed E-state index contributed by atoms with van der Waals surface area (Å²) in [5.74, 6) is 0.916. The van der Waals surface area contributed by atoms with Gasteiger partial charge in [-0.2, -0.15) is 0 Å². The molecule has 0 heterocycles. The normalized spacial score (nSPS) is 11.5. The van der Waals surface area contributed by atoms with E-state index in [1.807, 2.05) is 19.1 Å². The zero-order valence-electron chi connectivity index (χ0n) is 10.0. The van der Waals surface area contributed by atoms with Crippen LogP contribution in [0.2, 0.25) is 0 Å². The topological polar surface area (TPSA) is 29.5 Å². The summed E-state index contributed by atoms with van der Waals surface area (Å²) in [7, 11) is 0. The second-order valence-electron chi connectivity index (χ2n) is 4.77. The van der Waals surface area contributed by atoms with Gasteiger partial charge in [-0.1, -0.05) is 39.0 Å². The molecule has 15 heavy (non-hydrogen) atoms. The van der Waals surface area contributed by atoms with E-state index in [0.29, 0.717) is 6.61 Å². The van der Waals surface area contributed by atoms with E-state index in [1.54, 1.807) is 0 Å². The molecule has 0 amide bonds. The van der Waals surface area contributed by atoms with Crippen LogP contribution < -0.4 is 4.74 Å². The van der Waals surface area contributed by atoms with Crippen LogP contribution in [0.4, 0.5) is 0 Å². The van der Waals surface area contributed by atoms with E-state index >= 15 is 0 Å². The first-order valence-electron chi connectivity index (χ1n) is 5.30. The average Bonchev–Trinajstić information content (AvgIpc) is 2.14. The van der Waals surface area contributed by atoms with Crippen molar-refractivity contribution >= 4 is 0 Å². The molecule has 2 heteroatoms. The van der Waals surface area contributed by atoms with Gasteiger partial charge in [0.1, 0.15) is 12.4 Å². The smallest absolute Gasteiger partial charge is 0.126 e. The molecule has 0 atom stereocenters. The fourth-order valence-corrected chi connectivity index (χ4v) is 1.58. The standard InChI is InChI=1S/C13H20O2/c1-10-6-5-7-11(13(2,3)4)12(10)15-9-8-14/h5-7,14H,8-9H2,1-4H3. The van der Waals surface area contributed by atoms with Crippen molar-refractivity contribution in [2.75, 3.05) is 13.2 Å². The molecule has 0 radical (unpaired) electrons. The van der Waals surface area contributed by atoms with E-state index in [1.165, 1.54) is 5.56 Å². The Morgan fingerprint density at radius 1 is 1.27 bits per heavy atom. The van der Waals surface area contributed by atoms with Gasteiger partial charge in [0, 0.05) is 0 Å².